The number of nitrogens with two attached hydrogens (primary N) is 1. The Labute approximate surface area is 76.2 Å². The summed E-state index contributed by atoms with van der Waals surface area (Å²) in [5.41, 5.74) is 5.87. The highest BCUT2D eigenvalue weighted by atomic mass is 16.5. The first kappa shape index (κ1) is 9.73. The summed E-state index contributed by atoms with van der Waals surface area (Å²) in [5.74, 6) is 0. The standard InChI is InChI=1S/C8H13N3O2/c1-6-5-7(12)11(4-3-9)8(10-6)13-2/h5H,3-4,9H2,1-2H3. The normalized spacial score (nSPS) is 10.1. The van der Waals surface area contributed by atoms with Crippen LogP contribution in [0, 0.1) is 6.92 Å². The second-order valence-corrected chi connectivity index (χ2v) is 2.66. The summed E-state index contributed by atoms with van der Waals surface area (Å²) in [5, 5.41) is 0. The fourth-order valence-electron chi connectivity index (χ4n) is 1.09. The van der Waals surface area contributed by atoms with Crippen molar-refractivity contribution in [2.24, 2.45) is 5.73 Å². The van der Waals surface area contributed by atoms with E-state index in [4.69, 9.17) is 10.5 Å². The lowest BCUT2D eigenvalue weighted by atomic mass is 10.4. The Hall–Kier alpha value is -1.36. The van der Waals surface area contributed by atoms with E-state index < -0.39 is 0 Å². The van der Waals surface area contributed by atoms with E-state index in [0.29, 0.717) is 24.8 Å². The molecule has 0 aliphatic carbocycles. The van der Waals surface area contributed by atoms with Crippen molar-refractivity contribution in [3.8, 4) is 6.01 Å². The molecule has 0 aliphatic heterocycles. The third kappa shape index (κ3) is 2.06. The first-order valence-electron chi connectivity index (χ1n) is 4.01. The van der Waals surface area contributed by atoms with Crippen molar-refractivity contribution < 1.29 is 4.74 Å². The van der Waals surface area contributed by atoms with Gasteiger partial charge in [-0.15, -0.1) is 0 Å². The molecule has 2 N–H and O–H groups in total. The molecule has 0 fully saturated rings. The van der Waals surface area contributed by atoms with Gasteiger partial charge in [0, 0.05) is 24.8 Å². The quantitative estimate of drug-likeness (QED) is 0.687. The molecule has 0 amide bonds. The minimum absolute atomic E-state index is 0.130. The highest BCUT2D eigenvalue weighted by Gasteiger charge is 2.05. The van der Waals surface area contributed by atoms with E-state index in [1.807, 2.05) is 0 Å². The summed E-state index contributed by atoms with van der Waals surface area (Å²) in [6.45, 7) is 2.56. The topological polar surface area (TPSA) is 70.1 Å². The molecule has 0 bridgehead atoms. The van der Waals surface area contributed by atoms with Gasteiger partial charge in [0.15, 0.2) is 0 Å². The van der Waals surface area contributed by atoms with E-state index in [9.17, 15) is 4.79 Å². The predicted molar refractivity (Wildman–Crippen MR) is 48.8 cm³/mol. The largest absolute Gasteiger partial charge is 0.468 e. The SMILES string of the molecule is COc1nc(C)cc(=O)n1CCN. The van der Waals surface area contributed by atoms with Crippen LogP contribution in [0.1, 0.15) is 5.69 Å². The monoisotopic (exact) mass is 183 g/mol. The third-order valence-corrected chi connectivity index (χ3v) is 1.64. The number of methoxy groups -OCH3 is 1. The van der Waals surface area contributed by atoms with Crippen LogP contribution < -0.4 is 16.0 Å². The first-order valence-corrected chi connectivity index (χ1v) is 4.01. The lowest BCUT2D eigenvalue weighted by molar-refractivity contribution is 0.345. The molecule has 1 rings (SSSR count). The van der Waals surface area contributed by atoms with Gasteiger partial charge in [-0.2, -0.15) is 0 Å². The second-order valence-electron chi connectivity index (χ2n) is 2.66. The smallest absolute Gasteiger partial charge is 0.299 e. The number of hydrogen-bond donors (Lipinski definition) is 1. The van der Waals surface area contributed by atoms with E-state index in [2.05, 4.69) is 4.98 Å². The maximum atomic E-state index is 11.4. The summed E-state index contributed by atoms with van der Waals surface area (Å²) in [6, 6.07) is 1.77. The number of aromatic nitrogens is 2. The summed E-state index contributed by atoms with van der Waals surface area (Å²) in [7, 11) is 1.48. The molecular weight excluding hydrogens is 170 g/mol. The average molecular weight is 183 g/mol. The van der Waals surface area contributed by atoms with Crippen LogP contribution >= 0.6 is 0 Å². The molecular formula is C8H13N3O2. The Morgan fingerprint density at radius 3 is 2.92 bits per heavy atom. The van der Waals surface area contributed by atoms with Crippen LogP contribution in [0.2, 0.25) is 0 Å². The van der Waals surface area contributed by atoms with E-state index in [1.54, 1.807) is 6.92 Å². The molecule has 1 aromatic rings. The first-order chi connectivity index (χ1) is 6.19. The summed E-state index contributed by atoms with van der Waals surface area (Å²) in [4.78, 5) is 15.5. The fraction of sp³-hybridized carbons (Fsp3) is 0.500. The Kier molecular flexibility index (Phi) is 3.02. The maximum Gasteiger partial charge on any atom is 0.299 e. The van der Waals surface area contributed by atoms with Gasteiger partial charge in [-0.1, -0.05) is 0 Å². The molecule has 0 atom stereocenters. The Morgan fingerprint density at radius 2 is 2.38 bits per heavy atom. The fourth-order valence-corrected chi connectivity index (χ4v) is 1.09. The van der Waals surface area contributed by atoms with Crippen molar-refractivity contribution in [2.75, 3.05) is 13.7 Å². The van der Waals surface area contributed by atoms with Gasteiger partial charge >= 0.3 is 0 Å². The molecule has 1 heterocycles. The molecule has 0 aromatic carbocycles. The van der Waals surface area contributed by atoms with Gasteiger partial charge in [-0.3, -0.25) is 9.36 Å². The molecule has 0 saturated carbocycles. The van der Waals surface area contributed by atoms with Gasteiger partial charge in [-0.25, -0.2) is 4.98 Å². The number of hydrogen-bond acceptors (Lipinski definition) is 4. The highest BCUT2D eigenvalue weighted by Crippen LogP contribution is 2.02. The maximum absolute atomic E-state index is 11.4. The second kappa shape index (κ2) is 4.04. The summed E-state index contributed by atoms with van der Waals surface area (Å²) >= 11 is 0. The highest BCUT2D eigenvalue weighted by molar-refractivity contribution is 5.06. The lowest BCUT2D eigenvalue weighted by Crippen LogP contribution is -2.26. The molecule has 13 heavy (non-hydrogen) atoms. The van der Waals surface area contributed by atoms with Crippen molar-refractivity contribution in [1.82, 2.24) is 9.55 Å². The van der Waals surface area contributed by atoms with E-state index in [0.717, 1.165) is 0 Å². The molecule has 0 unspecified atom stereocenters. The summed E-state index contributed by atoms with van der Waals surface area (Å²) < 4.78 is 6.37. The zero-order valence-corrected chi connectivity index (χ0v) is 7.78. The number of aryl methyl sites for hydroxylation is 1. The van der Waals surface area contributed by atoms with Crippen LogP contribution in [0.15, 0.2) is 10.9 Å². The van der Waals surface area contributed by atoms with Gasteiger partial charge in [0.1, 0.15) is 0 Å². The van der Waals surface area contributed by atoms with Gasteiger partial charge in [0.2, 0.25) is 0 Å². The van der Waals surface area contributed by atoms with Crippen LogP contribution in [0.5, 0.6) is 6.01 Å². The van der Waals surface area contributed by atoms with Crippen LogP contribution in [-0.2, 0) is 6.54 Å². The molecule has 0 aliphatic rings. The van der Waals surface area contributed by atoms with Crippen LogP contribution in [-0.4, -0.2) is 23.2 Å². The van der Waals surface area contributed by atoms with Crippen molar-refractivity contribution in [2.45, 2.75) is 13.5 Å². The van der Waals surface area contributed by atoms with Crippen molar-refractivity contribution >= 4 is 0 Å². The van der Waals surface area contributed by atoms with E-state index in [-0.39, 0.29) is 5.56 Å². The van der Waals surface area contributed by atoms with Gasteiger partial charge in [0.25, 0.3) is 11.6 Å². The number of rotatable bonds is 3. The third-order valence-electron chi connectivity index (χ3n) is 1.64. The zero-order chi connectivity index (χ0) is 9.84. The van der Waals surface area contributed by atoms with E-state index in [1.165, 1.54) is 17.7 Å². The average Bonchev–Trinajstić information content (AvgIpc) is 2.09. The minimum atomic E-state index is -0.130. The van der Waals surface area contributed by atoms with Crippen LogP contribution in [0.4, 0.5) is 0 Å². The number of ether oxygens (including phenoxy) is 1. The van der Waals surface area contributed by atoms with Gasteiger partial charge in [0.05, 0.1) is 7.11 Å². The van der Waals surface area contributed by atoms with Crippen molar-refractivity contribution in [3.63, 3.8) is 0 Å². The lowest BCUT2D eigenvalue weighted by Gasteiger charge is -2.08. The molecule has 0 saturated heterocycles. The predicted octanol–water partition coefficient (Wildman–Crippen LogP) is -0.481. The molecule has 72 valence electrons. The Balaban J connectivity index is 3.22. The Bertz CT molecular complexity index is 346. The van der Waals surface area contributed by atoms with Gasteiger partial charge < -0.3 is 10.5 Å². The van der Waals surface area contributed by atoms with Crippen molar-refractivity contribution in [1.29, 1.82) is 0 Å². The molecule has 0 spiro atoms. The molecule has 5 nitrogen and oxygen atoms in total. The molecule has 5 heteroatoms. The Morgan fingerprint density at radius 1 is 1.69 bits per heavy atom. The molecule has 1 aromatic heterocycles. The van der Waals surface area contributed by atoms with Crippen molar-refractivity contribution in [3.05, 3.63) is 22.1 Å². The number of nitrogens with zero attached hydrogens (tertiary/aromatic N) is 2. The molecule has 0 radical (unpaired) electrons. The van der Waals surface area contributed by atoms with Gasteiger partial charge in [-0.05, 0) is 6.92 Å². The van der Waals surface area contributed by atoms with Crippen LogP contribution in [0.3, 0.4) is 0 Å². The minimum Gasteiger partial charge on any atom is -0.468 e. The summed E-state index contributed by atoms with van der Waals surface area (Å²) in [6.07, 6.45) is 0. The van der Waals surface area contributed by atoms with E-state index >= 15 is 0 Å². The van der Waals surface area contributed by atoms with Crippen LogP contribution in [0.25, 0.3) is 0 Å². The zero-order valence-electron chi connectivity index (χ0n) is 7.78.